The standard InChI is InChI=1S/C11H12F2N2O4/c12-6-3-7(13)5-8(4-6)14-11(19)15-9(1-2-16)10(17)18/h3-5,9,16H,1-2H2,(H,17,18)(H2,14,15,19)/t9-/m0/s1. The lowest BCUT2D eigenvalue weighted by molar-refractivity contribution is -0.139. The quantitative estimate of drug-likeness (QED) is 0.641. The van der Waals surface area contributed by atoms with Gasteiger partial charge in [-0.2, -0.15) is 0 Å². The molecule has 1 aromatic rings. The number of nitrogens with one attached hydrogen (secondary N) is 2. The zero-order valence-corrected chi connectivity index (χ0v) is 9.69. The molecule has 4 N–H and O–H groups in total. The van der Waals surface area contributed by atoms with Gasteiger partial charge in [0.2, 0.25) is 0 Å². The number of rotatable bonds is 5. The summed E-state index contributed by atoms with van der Waals surface area (Å²) in [5.74, 6) is -3.07. The monoisotopic (exact) mass is 274 g/mol. The van der Waals surface area contributed by atoms with Gasteiger partial charge in [0.15, 0.2) is 0 Å². The molecule has 2 amide bonds. The van der Waals surface area contributed by atoms with E-state index in [0.29, 0.717) is 6.07 Å². The lowest BCUT2D eigenvalue weighted by atomic mass is 10.2. The number of aliphatic carboxylic acids is 1. The zero-order chi connectivity index (χ0) is 14.4. The van der Waals surface area contributed by atoms with Gasteiger partial charge in [0.05, 0.1) is 0 Å². The summed E-state index contributed by atoms with van der Waals surface area (Å²) >= 11 is 0. The van der Waals surface area contributed by atoms with Gasteiger partial charge in [0.1, 0.15) is 17.7 Å². The van der Waals surface area contributed by atoms with Crippen molar-refractivity contribution in [3.63, 3.8) is 0 Å². The lowest BCUT2D eigenvalue weighted by Crippen LogP contribution is -2.43. The van der Waals surface area contributed by atoms with Gasteiger partial charge in [-0.05, 0) is 12.1 Å². The van der Waals surface area contributed by atoms with Crippen LogP contribution in [0.4, 0.5) is 19.3 Å². The number of carboxylic acids is 1. The third-order valence-electron chi connectivity index (χ3n) is 2.14. The van der Waals surface area contributed by atoms with Crippen molar-refractivity contribution in [3.8, 4) is 0 Å². The largest absolute Gasteiger partial charge is 0.480 e. The molecule has 1 rings (SSSR count). The van der Waals surface area contributed by atoms with E-state index in [4.69, 9.17) is 10.2 Å². The number of carbonyl (C=O) groups is 2. The minimum Gasteiger partial charge on any atom is -0.480 e. The Morgan fingerprint density at radius 1 is 1.21 bits per heavy atom. The summed E-state index contributed by atoms with van der Waals surface area (Å²) in [6, 6.07) is 0.165. The van der Waals surface area contributed by atoms with Crippen LogP contribution in [0.2, 0.25) is 0 Å². The van der Waals surface area contributed by atoms with Gasteiger partial charge in [-0.25, -0.2) is 18.4 Å². The van der Waals surface area contributed by atoms with E-state index in [-0.39, 0.29) is 12.1 Å². The molecule has 0 aliphatic carbocycles. The molecule has 0 saturated carbocycles. The number of halogens is 2. The van der Waals surface area contributed by atoms with E-state index < -0.39 is 36.3 Å². The van der Waals surface area contributed by atoms with Gasteiger partial charge in [-0.15, -0.1) is 0 Å². The van der Waals surface area contributed by atoms with Crippen molar-refractivity contribution in [2.45, 2.75) is 12.5 Å². The van der Waals surface area contributed by atoms with Crippen LogP contribution in [0, 0.1) is 11.6 Å². The van der Waals surface area contributed by atoms with Gasteiger partial charge < -0.3 is 20.8 Å². The smallest absolute Gasteiger partial charge is 0.326 e. The molecule has 8 heteroatoms. The second kappa shape index (κ2) is 6.64. The predicted molar refractivity (Wildman–Crippen MR) is 61.6 cm³/mol. The highest BCUT2D eigenvalue weighted by Gasteiger charge is 2.19. The molecule has 0 spiro atoms. The Hall–Kier alpha value is -2.22. The average Bonchev–Trinajstić information content (AvgIpc) is 2.26. The number of carboxylic acid groups (broad SMARTS) is 1. The van der Waals surface area contributed by atoms with E-state index in [9.17, 15) is 18.4 Å². The Bertz CT molecular complexity index is 462. The maximum atomic E-state index is 12.9. The van der Waals surface area contributed by atoms with Gasteiger partial charge in [-0.3, -0.25) is 0 Å². The Morgan fingerprint density at radius 2 is 1.79 bits per heavy atom. The molecule has 0 fully saturated rings. The fourth-order valence-corrected chi connectivity index (χ4v) is 1.34. The molecule has 0 aliphatic rings. The van der Waals surface area contributed by atoms with Crippen molar-refractivity contribution in [1.82, 2.24) is 5.32 Å². The lowest BCUT2D eigenvalue weighted by Gasteiger charge is -2.14. The molecule has 1 atom stereocenters. The first kappa shape index (κ1) is 14.8. The Kier molecular flexibility index (Phi) is 5.19. The summed E-state index contributed by atoms with van der Waals surface area (Å²) in [5.41, 5.74) is -0.150. The highest BCUT2D eigenvalue weighted by atomic mass is 19.1. The SMILES string of the molecule is O=C(Nc1cc(F)cc(F)c1)N[C@@H](CCO)C(=O)O. The van der Waals surface area contributed by atoms with Crippen molar-refractivity contribution < 1.29 is 28.6 Å². The Morgan fingerprint density at radius 3 is 2.26 bits per heavy atom. The Labute approximate surface area is 107 Å². The maximum absolute atomic E-state index is 12.9. The molecule has 0 saturated heterocycles. The van der Waals surface area contributed by atoms with Crippen molar-refractivity contribution in [1.29, 1.82) is 0 Å². The normalized spacial score (nSPS) is 11.7. The molecule has 6 nitrogen and oxygen atoms in total. The zero-order valence-electron chi connectivity index (χ0n) is 9.69. The average molecular weight is 274 g/mol. The molecule has 1 aromatic carbocycles. The van der Waals surface area contributed by atoms with Crippen LogP contribution in [0.5, 0.6) is 0 Å². The van der Waals surface area contributed by atoms with E-state index >= 15 is 0 Å². The third kappa shape index (κ3) is 4.88. The summed E-state index contributed by atoms with van der Waals surface area (Å²) in [6.07, 6.45) is -0.180. The van der Waals surface area contributed by atoms with E-state index in [2.05, 4.69) is 10.6 Å². The van der Waals surface area contributed by atoms with Gasteiger partial charge in [-0.1, -0.05) is 0 Å². The van der Waals surface area contributed by atoms with Crippen molar-refractivity contribution in [2.24, 2.45) is 0 Å². The van der Waals surface area contributed by atoms with Crippen LogP contribution in [0.1, 0.15) is 6.42 Å². The first-order valence-corrected chi connectivity index (χ1v) is 5.29. The molecular formula is C11H12F2N2O4. The topological polar surface area (TPSA) is 98.7 Å². The van der Waals surface area contributed by atoms with Crippen molar-refractivity contribution in [3.05, 3.63) is 29.8 Å². The summed E-state index contributed by atoms with van der Waals surface area (Å²) in [7, 11) is 0. The third-order valence-corrected chi connectivity index (χ3v) is 2.14. The second-order valence-electron chi connectivity index (χ2n) is 3.66. The summed E-state index contributed by atoms with van der Waals surface area (Å²) in [6.45, 7) is -0.425. The van der Waals surface area contributed by atoms with Crippen LogP contribution < -0.4 is 10.6 Å². The van der Waals surface area contributed by atoms with Crippen molar-refractivity contribution >= 4 is 17.7 Å². The van der Waals surface area contributed by atoms with E-state index in [1.54, 1.807) is 0 Å². The van der Waals surface area contributed by atoms with E-state index in [0.717, 1.165) is 12.1 Å². The minimum absolute atomic E-state index is 0.150. The summed E-state index contributed by atoms with van der Waals surface area (Å²) < 4.78 is 25.7. The minimum atomic E-state index is -1.32. The van der Waals surface area contributed by atoms with E-state index in [1.165, 1.54) is 0 Å². The Balaban J connectivity index is 2.66. The van der Waals surface area contributed by atoms with Crippen molar-refractivity contribution in [2.75, 3.05) is 11.9 Å². The molecule has 0 unspecified atom stereocenters. The van der Waals surface area contributed by atoms with Crippen LogP contribution in [0.3, 0.4) is 0 Å². The molecule has 0 bridgehead atoms. The van der Waals surface area contributed by atoms with Gasteiger partial charge >= 0.3 is 12.0 Å². The number of aliphatic hydroxyl groups excluding tert-OH is 1. The number of carbonyl (C=O) groups excluding carboxylic acids is 1. The summed E-state index contributed by atoms with van der Waals surface area (Å²) in [5, 5.41) is 21.5. The first-order chi connectivity index (χ1) is 8.92. The summed E-state index contributed by atoms with van der Waals surface area (Å²) in [4.78, 5) is 22.1. The molecule has 104 valence electrons. The van der Waals surface area contributed by atoms with Crippen LogP contribution in [0.25, 0.3) is 0 Å². The first-order valence-electron chi connectivity index (χ1n) is 5.29. The van der Waals surface area contributed by atoms with Crippen LogP contribution in [-0.2, 0) is 4.79 Å². The molecule has 19 heavy (non-hydrogen) atoms. The molecule has 0 aliphatic heterocycles. The fraction of sp³-hybridized carbons (Fsp3) is 0.273. The van der Waals surface area contributed by atoms with Gasteiger partial charge in [0.25, 0.3) is 0 Å². The predicted octanol–water partition coefficient (Wildman–Crippen LogP) is 0.922. The van der Waals surface area contributed by atoms with Crippen LogP contribution in [-0.4, -0.2) is 34.9 Å². The highest BCUT2D eigenvalue weighted by molar-refractivity contribution is 5.92. The molecule has 0 aromatic heterocycles. The number of amides is 2. The van der Waals surface area contributed by atoms with Gasteiger partial charge in [0, 0.05) is 24.8 Å². The fourth-order valence-electron chi connectivity index (χ4n) is 1.34. The molecular weight excluding hydrogens is 262 g/mol. The number of aliphatic hydroxyl groups is 1. The number of anilines is 1. The van der Waals surface area contributed by atoms with Crippen LogP contribution in [0.15, 0.2) is 18.2 Å². The van der Waals surface area contributed by atoms with Crippen LogP contribution >= 0.6 is 0 Å². The van der Waals surface area contributed by atoms with E-state index in [1.807, 2.05) is 0 Å². The number of hydrogen-bond acceptors (Lipinski definition) is 3. The second-order valence-corrected chi connectivity index (χ2v) is 3.66. The number of hydrogen-bond donors (Lipinski definition) is 4. The number of urea groups is 1. The maximum Gasteiger partial charge on any atom is 0.326 e. The molecule has 0 radical (unpaired) electrons. The number of benzene rings is 1. The highest BCUT2D eigenvalue weighted by Crippen LogP contribution is 2.12. The molecule has 0 heterocycles.